The smallest absolute Gasteiger partial charge is 0.311 e. The molecular weight excluding hydrogens is 214 g/mol. The van der Waals surface area contributed by atoms with Crippen LogP contribution in [0.4, 0.5) is 0 Å². The lowest BCUT2D eigenvalue weighted by Gasteiger charge is -2.33. The molecule has 0 aliphatic carbocycles. The molecule has 0 aliphatic heterocycles. The molecule has 2 atom stereocenters. The van der Waals surface area contributed by atoms with E-state index < -0.39 is 11.4 Å². The van der Waals surface area contributed by atoms with Crippen molar-refractivity contribution in [2.45, 2.75) is 32.6 Å². The molecule has 0 saturated heterocycles. The minimum absolute atomic E-state index is 0.0313. The van der Waals surface area contributed by atoms with Gasteiger partial charge in [-0.2, -0.15) is 0 Å². The number of carboxylic acids is 1. The second-order valence-corrected chi connectivity index (χ2v) is 4.68. The summed E-state index contributed by atoms with van der Waals surface area (Å²) in [5, 5.41) is 9.41. The first-order chi connectivity index (χ1) is 8.06. The maximum absolute atomic E-state index is 11.5. The van der Waals surface area contributed by atoms with E-state index >= 15 is 0 Å². The number of carboxylic acid groups (broad SMARTS) is 1. The minimum Gasteiger partial charge on any atom is -0.481 e. The molecule has 1 rings (SSSR count). The largest absolute Gasteiger partial charge is 0.481 e. The molecule has 0 radical (unpaired) electrons. The summed E-state index contributed by atoms with van der Waals surface area (Å²) in [5.41, 5.74) is 5.86. The Morgan fingerprint density at radius 2 is 2.00 bits per heavy atom. The third-order valence-electron chi connectivity index (χ3n) is 3.46. The molecule has 0 heterocycles. The first kappa shape index (κ1) is 13.7. The van der Waals surface area contributed by atoms with Crippen LogP contribution in [0.5, 0.6) is 0 Å². The van der Waals surface area contributed by atoms with Crippen LogP contribution in [-0.4, -0.2) is 17.6 Å². The highest BCUT2D eigenvalue weighted by Crippen LogP contribution is 2.38. The van der Waals surface area contributed by atoms with Gasteiger partial charge in [0.1, 0.15) is 0 Å². The van der Waals surface area contributed by atoms with E-state index in [1.54, 1.807) is 6.92 Å². The number of hydrogen-bond acceptors (Lipinski definition) is 2. The molecule has 3 N–H and O–H groups in total. The summed E-state index contributed by atoms with van der Waals surface area (Å²) in [5.74, 6) is -0.849. The van der Waals surface area contributed by atoms with Crippen LogP contribution in [0, 0.1) is 5.41 Å². The van der Waals surface area contributed by atoms with Gasteiger partial charge in [0.05, 0.1) is 5.41 Å². The van der Waals surface area contributed by atoms with Crippen molar-refractivity contribution in [3.63, 3.8) is 0 Å². The van der Waals surface area contributed by atoms with Crippen LogP contribution in [0.25, 0.3) is 0 Å². The molecule has 0 spiro atoms. The van der Waals surface area contributed by atoms with Crippen molar-refractivity contribution in [3.05, 3.63) is 35.9 Å². The summed E-state index contributed by atoms with van der Waals surface area (Å²) in [6.07, 6.45) is 1.78. The Morgan fingerprint density at radius 3 is 2.41 bits per heavy atom. The van der Waals surface area contributed by atoms with Gasteiger partial charge in [-0.25, -0.2) is 0 Å². The van der Waals surface area contributed by atoms with E-state index in [0.29, 0.717) is 0 Å². The molecule has 3 nitrogen and oxygen atoms in total. The zero-order chi connectivity index (χ0) is 12.9. The molecule has 0 bridgehead atoms. The highest BCUT2D eigenvalue weighted by molar-refractivity contribution is 5.76. The summed E-state index contributed by atoms with van der Waals surface area (Å²) < 4.78 is 0. The number of rotatable bonds is 6. The molecular formula is C14H21NO2. The molecule has 1 aromatic rings. The summed E-state index contributed by atoms with van der Waals surface area (Å²) >= 11 is 0. The fraction of sp³-hybridized carbons (Fsp3) is 0.500. The second kappa shape index (κ2) is 5.82. The van der Waals surface area contributed by atoms with E-state index in [2.05, 4.69) is 6.92 Å². The van der Waals surface area contributed by atoms with Gasteiger partial charge in [0.15, 0.2) is 0 Å². The van der Waals surface area contributed by atoms with Crippen molar-refractivity contribution in [1.82, 2.24) is 0 Å². The van der Waals surface area contributed by atoms with Crippen LogP contribution >= 0.6 is 0 Å². The fourth-order valence-electron chi connectivity index (χ4n) is 2.21. The van der Waals surface area contributed by atoms with Crippen molar-refractivity contribution >= 4 is 5.97 Å². The Hall–Kier alpha value is -1.35. The summed E-state index contributed by atoms with van der Waals surface area (Å²) in [4.78, 5) is 11.5. The third kappa shape index (κ3) is 2.86. The lowest BCUT2D eigenvalue weighted by molar-refractivity contribution is -0.148. The van der Waals surface area contributed by atoms with Gasteiger partial charge in [-0.3, -0.25) is 4.79 Å². The van der Waals surface area contributed by atoms with Crippen LogP contribution in [0.1, 0.15) is 38.2 Å². The summed E-state index contributed by atoms with van der Waals surface area (Å²) in [6, 6.07) is 9.79. The first-order valence-corrected chi connectivity index (χ1v) is 6.04. The molecule has 0 fully saturated rings. The molecule has 0 aliphatic rings. The molecule has 0 aromatic heterocycles. The Bertz CT molecular complexity index is 364. The highest BCUT2D eigenvalue weighted by atomic mass is 16.4. The molecule has 0 saturated carbocycles. The summed E-state index contributed by atoms with van der Waals surface area (Å²) in [7, 11) is 0. The van der Waals surface area contributed by atoms with Crippen molar-refractivity contribution in [3.8, 4) is 0 Å². The number of aliphatic carboxylic acids is 1. The maximum Gasteiger partial charge on any atom is 0.311 e. The Labute approximate surface area is 103 Å². The minimum atomic E-state index is -0.892. The number of hydrogen-bond donors (Lipinski definition) is 2. The second-order valence-electron chi connectivity index (χ2n) is 4.68. The van der Waals surface area contributed by atoms with Gasteiger partial charge in [-0.15, -0.1) is 0 Å². The zero-order valence-corrected chi connectivity index (χ0v) is 10.5. The lowest BCUT2D eigenvalue weighted by atomic mass is 9.71. The molecule has 2 unspecified atom stereocenters. The van der Waals surface area contributed by atoms with Crippen LogP contribution in [-0.2, 0) is 4.79 Å². The lowest BCUT2D eigenvalue weighted by Crippen LogP contribution is -2.41. The van der Waals surface area contributed by atoms with E-state index in [9.17, 15) is 9.90 Å². The zero-order valence-electron chi connectivity index (χ0n) is 10.5. The Kier molecular flexibility index (Phi) is 4.70. The van der Waals surface area contributed by atoms with Gasteiger partial charge in [0.25, 0.3) is 0 Å². The normalized spacial score (nSPS) is 16.2. The predicted molar refractivity (Wildman–Crippen MR) is 68.9 cm³/mol. The van der Waals surface area contributed by atoms with Gasteiger partial charge in [-0.1, -0.05) is 43.7 Å². The number of carbonyl (C=O) groups is 1. The van der Waals surface area contributed by atoms with Gasteiger partial charge < -0.3 is 10.8 Å². The molecule has 17 heavy (non-hydrogen) atoms. The van der Waals surface area contributed by atoms with Gasteiger partial charge in [0.2, 0.25) is 0 Å². The third-order valence-corrected chi connectivity index (χ3v) is 3.46. The van der Waals surface area contributed by atoms with Crippen LogP contribution in [0.3, 0.4) is 0 Å². The summed E-state index contributed by atoms with van der Waals surface area (Å²) in [6.45, 7) is 3.96. The molecule has 3 heteroatoms. The van der Waals surface area contributed by atoms with Crippen molar-refractivity contribution in [2.75, 3.05) is 6.54 Å². The average Bonchev–Trinajstić information content (AvgIpc) is 2.36. The molecule has 1 aromatic carbocycles. The monoisotopic (exact) mass is 235 g/mol. The topological polar surface area (TPSA) is 63.3 Å². The van der Waals surface area contributed by atoms with Gasteiger partial charge in [0, 0.05) is 12.5 Å². The van der Waals surface area contributed by atoms with Gasteiger partial charge >= 0.3 is 5.97 Å². The molecule has 0 amide bonds. The highest BCUT2D eigenvalue weighted by Gasteiger charge is 2.40. The maximum atomic E-state index is 11.5. The SMILES string of the molecule is CCCC(c1ccccc1)C(C)(CN)C(=O)O. The quantitative estimate of drug-likeness (QED) is 0.796. The van der Waals surface area contributed by atoms with Crippen LogP contribution in [0.15, 0.2) is 30.3 Å². The van der Waals surface area contributed by atoms with E-state index in [4.69, 9.17) is 5.73 Å². The first-order valence-electron chi connectivity index (χ1n) is 6.04. The average molecular weight is 235 g/mol. The fourth-order valence-corrected chi connectivity index (χ4v) is 2.21. The standard InChI is InChI=1S/C14H21NO2/c1-3-7-12(11-8-5-4-6-9-11)14(2,10-15)13(16)17/h4-6,8-9,12H,3,7,10,15H2,1-2H3,(H,16,17). The van der Waals surface area contributed by atoms with Crippen molar-refractivity contribution in [1.29, 1.82) is 0 Å². The van der Waals surface area contributed by atoms with Crippen molar-refractivity contribution in [2.24, 2.45) is 11.1 Å². The Morgan fingerprint density at radius 1 is 1.41 bits per heavy atom. The van der Waals surface area contributed by atoms with E-state index in [1.165, 1.54) is 0 Å². The van der Waals surface area contributed by atoms with E-state index in [1.807, 2.05) is 30.3 Å². The van der Waals surface area contributed by atoms with Gasteiger partial charge in [-0.05, 0) is 18.9 Å². The number of benzene rings is 1. The predicted octanol–water partition coefficient (Wildman–Crippen LogP) is 2.62. The van der Waals surface area contributed by atoms with E-state index in [-0.39, 0.29) is 12.5 Å². The Balaban J connectivity index is 3.12. The van der Waals surface area contributed by atoms with Crippen LogP contribution < -0.4 is 5.73 Å². The molecule has 94 valence electrons. The van der Waals surface area contributed by atoms with Crippen molar-refractivity contribution < 1.29 is 9.90 Å². The number of nitrogens with two attached hydrogens (primary N) is 1. The van der Waals surface area contributed by atoms with Crippen LogP contribution in [0.2, 0.25) is 0 Å². The van der Waals surface area contributed by atoms with E-state index in [0.717, 1.165) is 18.4 Å².